The van der Waals surface area contributed by atoms with E-state index in [1.54, 1.807) is 6.33 Å². The predicted octanol–water partition coefficient (Wildman–Crippen LogP) is 3.09. The Kier molecular flexibility index (Phi) is 4.75. The van der Waals surface area contributed by atoms with E-state index in [-0.39, 0.29) is 18.1 Å². The topological polar surface area (TPSA) is 92.8 Å². The third-order valence-electron chi connectivity index (χ3n) is 4.93. The van der Waals surface area contributed by atoms with Crippen molar-refractivity contribution in [2.45, 2.75) is 51.7 Å². The van der Waals surface area contributed by atoms with Gasteiger partial charge in [-0.1, -0.05) is 0 Å². The Morgan fingerprint density at radius 2 is 1.85 bits per heavy atom. The second-order valence-corrected chi connectivity index (χ2v) is 7.13. The monoisotopic (exact) mass is 365 g/mol. The summed E-state index contributed by atoms with van der Waals surface area (Å²) in [6, 6.07) is 8.05. The number of carbonyl (C=O) groups is 1. The summed E-state index contributed by atoms with van der Waals surface area (Å²) in [5.74, 6) is -0.0477. The first-order valence-electron chi connectivity index (χ1n) is 9.30. The minimum Gasteiger partial charge on any atom is -0.460 e. The van der Waals surface area contributed by atoms with E-state index in [2.05, 4.69) is 25.3 Å². The molecule has 27 heavy (non-hydrogen) atoms. The number of carbonyl (C=O) groups excluding carboxylic acids is 1. The van der Waals surface area contributed by atoms with Gasteiger partial charge in [-0.2, -0.15) is 0 Å². The minimum absolute atomic E-state index is 0.0477. The molecule has 140 valence electrons. The number of imidazole rings is 1. The van der Waals surface area contributed by atoms with Gasteiger partial charge < -0.3 is 15.0 Å². The van der Waals surface area contributed by atoms with Gasteiger partial charge in [0.25, 0.3) is 5.91 Å². The number of aromatic amines is 1. The number of H-pyrrole nitrogens is 1. The molecule has 2 aromatic heterocycles. The first-order chi connectivity index (χ1) is 13.1. The molecule has 7 heteroatoms. The Hall–Kier alpha value is -2.96. The maximum absolute atomic E-state index is 12.5. The highest BCUT2D eigenvalue weighted by Gasteiger charge is 2.24. The van der Waals surface area contributed by atoms with Gasteiger partial charge in [-0.05, 0) is 63.8 Å². The summed E-state index contributed by atoms with van der Waals surface area (Å²) < 4.78 is 5.95. The van der Waals surface area contributed by atoms with Crippen LogP contribution in [0, 0.1) is 13.8 Å². The van der Waals surface area contributed by atoms with Crippen molar-refractivity contribution in [3.05, 3.63) is 47.5 Å². The molecule has 0 unspecified atom stereocenters. The van der Waals surface area contributed by atoms with Gasteiger partial charge in [-0.15, -0.1) is 0 Å². The number of rotatable bonds is 4. The van der Waals surface area contributed by atoms with Crippen molar-refractivity contribution >= 4 is 16.9 Å². The zero-order chi connectivity index (χ0) is 18.8. The third kappa shape index (κ3) is 4.07. The van der Waals surface area contributed by atoms with Crippen LogP contribution >= 0.6 is 0 Å². The number of hydrogen-bond donors (Lipinski definition) is 2. The number of hydrogen-bond acceptors (Lipinski definition) is 5. The van der Waals surface area contributed by atoms with Gasteiger partial charge in [0.15, 0.2) is 0 Å². The van der Waals surface area contributed by atoms with Crippen molar-refractivity contribution in [1.29, 1.82) is 0 Å². The molecule has 0 bridgehead atoms. The van der Waals surface area contributed by atoms with Crippen molar-refractivity contribution in [2.24, 2.45) is 0 Å². The zero-order valence-corrected chi connectivity index (χ0v) is 15.5. The molecule has 4 rings (SSSR count). The molecule has 3 aromatic rings. The van der Waals surface area contributed by atoms with Crippen molar-refractivity contribution in [3.8, 4) is 6.01 Å². The molecule has 1 fully saturated rings. The standard InChI is InChI=1S/C20H23N5O2/c1-12-9-13(2)24-20(23-12)27-16-6-4-15(5-7-16)25-19(26)14-3-8-17-18(10-14)22-11-21-17/h3,8-11,15-16H,4-7H2,1-2H3,(H,21,22)(H,25,26). The van der Waals surface area contributed by atoms with Crippen LogP contribution in [0.25, 0.3) is 11.0 Å². The third-order valence-corrected chi connectivity index (χ3v) is 4.93. The molecule has 2 heterocycles. The van der Waals surface area contributed by atoms with Crippen LogP contribution < -0.4 is 10.1 Å². The first-order valence-corrected chi connectivity index (χ1v) is 9.30. The van der Waals surface area contributed by atoms with Gasteiger partial charge in [-0.25, -0.2) is 15.0 Å². The number of fused-ring (bicyclic) bond motifs is 1. The Morgan fingerprint density at radius 1 is 1.11 bits per heavy atom. The lowest BCUT2D eigenvalue weighted by Crippen LogP contribution is -2.39. The highest BCUT2D eigenvalue weighted by atomic mass is 16.5. The molecule has 0 aliphatic heterocycles. The number of amides is 1. The van der Waals surface area contributed by atoms with Gasteiger partial charge in [0.2, 0.25) is 0 Å². The lowest BCUT2D eigenvalue weighted by atomic mass is 9.92. The lowest BCUT2D eigenvalue weighted by molar-refractivity contribution is 0.0885. The smallest absolute Gasteiger partial charge is 0.317 e. The predicted molar refractivity (Wildman–Crippen MR) is 102 cm³/mol. The second kappa shape index (κ2) is 7.34. The van der Waals surface area contributed by atoms with Crippen LogP contribution in [0.5, 0.6) is 6.01 Å². The number of nitrogens with zero attached hydrogens (tertiary/aromatic N) is 3. The Labute approximate surface area is 157 Å². The highest BCUT2D eigenvalue weighted by Crippen LogP contribution is 2.23. The Bertz CT molecular complexity index is 940. The maximum atomic E-state index is 12.5. The molecule has 1 aromatic carbocycles. The van der Waals surface area contributed by atoms with Crippen LogP contribution in [-0.2, 0) is 0 Å². The largest absolute Gasteiger partial charge is 0.460 e. The van der Waals surface area contributed by atoms with Crippen LogP contribution in [0.15, 0.2) is 30.6 Å². The van der Waals surface area contributed by atoms with Crippen molar-refractivity contribution in [1.82, 2.24) is 25.3 Å². The summed E-state index contributed by atoms with van der Waals surface area (Å²) in [5.41, 5.74) is 4.19. The molecule has 0 atom stereocenters. The molecule has 1 aliphatic rings. The average Bonchev–Trinajstić information content (AvgIpc) is 3.10. The van der Waals surface area contributed by atoms with E-state index < -0.39 is 0 Å². The first kappa shape index (κ1) is 17.5. The van der Waals surface area contributed by atoms with E-state index in [0.29, 0.717) is 11.6 Å². The average molecular weight is 365 g/mol. The van der Waals surface area contributed by atoms with E-state index in [0.717, 1.165) is 48.1 Å². The summed E-state index contributed by atoms with van der Waals surface area (Å²) in [7, 11) is 0. The number of nitrogens with one attached hydrogen (secondary N) is 2. The van der Waals surface area contributed by atoms with Crippen LogP contribution in [0.3, 0.4) is 0 Å². The summed E-state index contributed by atoms with van der Waals surface area (Å²) in [6.07, 6.45) is 5.25. The molecule has 2 N–H and O–H groups in total. The molecule has 1 aliphatic carbocycles. The van der Waals surface area contributed by atoms with Gasteiger partial charge in [-0.3, -0.25) is 4.79 Å². The summed E-state index contributed by atoms with van der Waals surface area (Å²) >= 11 is 0. The van der Waals surface area contributed by atoms with Crippen molar-refractivity contribution in [2.75, 3.05) is 0 Å². The second-order valence-electron chi connectivity index (χ2n) is 7.13. The van der Waals surface area contributed by atoms with Crippen molar-refractivity contribution in [3.63, 3.8) is 0 Å². The number of benzene rings is 1. The van der Waals surface area contributed by atoms with Crippen LogP contribution in [0.2, 0.25) is 0 Å². The van der Waals surface area contributed by atoms with Gasteiger partial charge in [0.05, 0.1) is 17.4 Å². The summed E-state index contributed by atoms with van der Waals surface area (Å²) in [6.45, 7) is 3.88. The molecule has 1 saturated carbocycles. The van der Waals surface area contributed by atoms with Gasteiger partial charge in [0.1, 0.15) is 6.10 Å². The Morgan fingerprint density at radius 3 is 2.59 bits per heavy atom. The number of aryl methyl sites for hydroxylation is 2. The molecular weight excluding hydrogens is 342 g/mol. The molecule has 7 nitrogen and oxygen atoms in total. The molecule has 1 amide bonds. The molecule has 0 saturated heterocycles. The van der Waals surface area contributed by atoms with Crippen LogP contribution in [0.4, 0.5) is 0 Å². The van der Waals surface area contributed by atoms with E-state index in [1.807, 2.05) is 38.1 Å². The minimum atomic E-state index is -0.0477. The molecule has 0 spiro atoms. The molecule has 0 radical (unpaired) electrons. The van der Waals surface area contributed by atoms with E-state index in [1.165, 1.54) is 0 Å². The number of aromatic nitrogens is 4. The van der Waals surface area contributed by atoms with Crippen molar-refractivity contribution < 1.29 is 9.53 Å². The fourth-order valence-corrected chi connectivity index (χ4v) is 3.57. The van der Waals surface area contributed by atoms with Gasteiger partial charge in [0, 0.05) is 23.0 Å². The zero-order valence-electron chi connectivity index (χ0n) is 15.5. The van der Waals surface area contributed by atoms with E-state index in [4.69, 9.17) is 4.74 Å². The fourth-order valence-electron chi connectivity index (χ4n) is 3.57. The van der Waals surface area contributed by atoms with Crippen LogP contribution in [-0.4, -0.2) is 38.0 Å². The summed E-state index contributed by atoms with van der Waals surface area (Å²) in [5, 5.41) is 3.13. The quantitative estimate of drug-likeness (QED) is 0.741. The van der Waals surface area contributed by atoms with E-state index in [9.17, 15) is 4.79 Å². The fraction of sp³-hybridized carbons (Fsp3) is 0.400. The van der Waals surface area contributed by atoms with E-state index >= 15 is 0 Å². The lowest BCUT2D eigenvalue weighted by Gasteiger charge is -2.29. The molecular formula is C20H23N5O2. The highest BCUT2D eigenvalue weighted by molar-refractivity contribution is 5.97. The van der Waals surface area contributed by atoms with Crippen LogP contribution in [0.1, 0.15) is 47.4 Å². The Balaban J connectivity index is 1.31. The number of ether oxygens (including phenoxy) is 1. The maximum Gasteiger partial charge on any atom is 0.317 e. The van der Waals surface area contributed by atoms with Gasteiger partial charge >= 0.3 is 6.01 Å². The SMILES string of the molecule is Cc1cc(C)nc(OC2CCC(NC(=O)c3ccc4nc[nH]c4c3)CC2)n1. The summed E-state index contributed by atoms with van der Waals surface area (Å²) in [4.78, 5) is 28.4. The normalized spacial score (nSPS) is 19.8.